The topological polar surface area (TPSA) is 210 Å². The number of nitrogens with zero attached hydrogens (tertiary/aromatic N) is 3. The van der Waals surface area contributed by atoms with E-state index in [0.717, 1.165) is 40.4 Å². The van der Waals surface area contributed by atoms with Crippen LogP contribution in [0.2, 0.25) is 0 Å². The van der Waals surface area contributed by atoms with Crippen molar-refractivity contribution >= 4 is 100 Å². The van der Waals surface area contributed by atoms with E-state index in [9.17, 15) is 36.4 Å². The van der Waals surface area contributed by atoms with Crippen LogP contribution in [0, 0.1) is 41.4 Å². The minimum absolute atomic E-state index is 0. The molecule has 0 atom stereocenters. The van der Waals surface area contributed by atoms with Gasteiger partial charge in [-0.1, -0.05) is 14.9 Å². The second kappa shape index (κ2) is 23.1. The Bertz CT molecular complexity index is 1610. The Labute approximate surface area is 310 Å². The van der Waals surface area contributed by atoms with Crippen LogP contribution < -0.4 is 16.0 Å². The fraction of sp³-hybridized carbons (Fsp3) is 0.379. The van der Waals surface area contributed by atoms with Gasteiger partial charge in [0.1, 0.15) is 24.5 Å². The summed E-state index contributed by atoms with van der Waals surface area (Å²) in [5, 5.41) is 31.4. The highest BCUT2D eigenvalue weighted by molar-refractivity contribution is 14.1. The minimum atomic E-state index is -3.19. The predicted molar refractivity (Wildman–Crippen MR) is 195 cm³/mol. The average molecular weight is 939 g/mol. The van der Waals surface area contributed by atoms with E-state index in [1.807, 2.05) is 45.2 Å². The van der Waals surface area contributed by atoms with Crippen molar-refractivity contribution in [2.24, 2.45) is 0 Å². The summed E-state index contributed by atoms with van der Waals surface area (Å²) in [4.78, 5) is 45.5. The molecule has 0 saturated heterocycles. The first-order chi connectivity index (χ1) is 21.4. The highest BCUT2D eigenvalue weighted by Gasteiger charge is 2.37. The molecule has 48 heavy (non-hydrogen) atoms. The number of benzene rings is 2. The Morgan fingerprint density at radius 3 is 1.69 bits per heavy atom. The van der Waals surface area contributed by atoms with Crippen molar-refractivity contribution in [3.8, 4) is 12.1 Å². The Morgan fingerprint density at radius 2 is 1.35 bits per heavy atom. The summed E-state index contributed by atoms with van der Waals surface area (Å²) in [6.07, 6.45) is 3.64. The molecule has 0 aromatic heterocycles. The lowest BCUT2D eigenvalue weighted by atomic mass is 10.3. The maximum Gasteiger partial charge on any atom is 0.328 e. The van der Waals surface area contributed by atoms with Gasteiger partial charge in [0.15, 0.2) is 0 Å². The van der Waals surface area contributed by atoms with E-state index < -0.39 is 45.0 Å². The molecule has 0 spiro atoms. The van der Waals surface area contributed by atoms with Gasteiger partial charge in [0, 0.05) is 29.9 Å². The molecule has 2 aromatic rings. The molecule has 19 heteroatoms. The van der Waals surface area contributed by atoms with Gasteiger partial charge in [0.25, 0.3) is 0 Å². The minimum Gasteiger partial charge on any atom is -0.480 e. The van der Waals surface area contributed by atoms with Crippen LogP contribution in [-0.4, -0.2) is 60.7 Å². The molecular weight excluding hydrogens is 904 g/mol. The molecule has 2 aliphatic carbocycles. The number of urea groups is 2. The van der Waals surface area contributed by atoms with Gasteiger partial charge in [-0.25, -0.2) is 26.8 Å². The molecule has 4 N–H and O–H groups in total. The van der Waals surface area contributed by atoms with Crippen LogP contribution in [0.15, 0.2) is 36.4 Å². The quantitative estimate of drug-likeness (QED) is 0.173. The number of carboxylic acids is 1. The van der Waals surface area contributed by atoms with Crippen molar-refractivity contribution in [1.29, 1.82) is 10.5 Å². The highest BCUT2D eigenvalue weighted by Crippen LogP contribution is 2.28. The van der Waals surface area contributed by atoms with Gasteiger partial charge in [0.05, 0.1) is 29.8 Å². The first kappa shape index (κ1) is 46.8. The molecule has 2 aromatic carbocycles. The van der Waals surface area contributed by atoms with Crippen molar-refractivity contribution in [2.75, 3.05) is 16.9 Å². The van der Waals surface area contributed by atoms with E-state index in [-0.39, 0.29) is 50.8 Å². The predicted octanol–water partition coefficient (Wildman–Crippen LogP) is 7.02. The lowest BCUT2D eigenvalue weighted by Crippen LogP contribution is -2.41. The van der Waals surface area contributed by atoms with E-state index in [4.69, 9.17) is 15.6 Å². The fourth-order valence-corrected chi connectivity index (χ4v) is 3.87. The maximum absolute atomic E-state index is 13.7. The Kier molecular flexibility index (Phi) is 22.5. The molecular formula is C29H35ClF2I2N6O7S. The summed E-state index contributed by atoms with van der Waals surface area (Å²) in [6, 6.07) is 11.3. The maximum atomic E-state index is 13.7. The second-order valence-corrected chi connectivity index (χ2v) is 14.8. The molecule has 0 heterocycles. The van der Waals surface area contributed by atoms with Crippen LogP contribution in [0.25, 0.3) is 0 Å². The highest BCUT2D eigenvalue weighted by atomic mass is 127. The molecule has 0 radical (unpaired) electrons. The van der Waals surface area contributed by atoms with Crippen molar-refractivity contribution in [2.45, 2.75) is 65.5 Å². The largest absolute Gasteiger partial charge is 0.480 e. The van der Waals surface area contributed by atoms with Gasteiger partial charge in [-0.15, -0.1) is 0 Å². The lowest BCUT2D eigenvalue weighted by molar-refractivity contribution is -0.135. The molecule has 13 nitrogen and oxygen atoms in total. The van der Waals surface area contributed by atoms with Crippen molar-refractivity contribution in [3.63, 3.8) is 0 Å². The molecule has 4 rings (SSSR count). The standard InChI is InChI=1S/C13H11FIN3O2.C10H10FIN2O.C3H3NO2.CH3ClO2S.2CH4/c14-10-7-8(15)1-4-11(10)17-13(20)18(9-2-3-9)12(19)5-6-16;11-8-5-6(12)1-4-9(8)14-10(15)13-7-2-3-7;4-2-1-3(5)6;1-5(2,3)4;;/h1,4,7,9H,2-3,5H2,(H,17,20);1,4-5,7H,2-3H2,(H2,13,14,15);1H2,(H,5,6);1H3;2*1H4. The molecule has 2 fully saturated rings. The van der Waals surface area contributed by atoms with Crippen LogP contribution in [0.3, 0.4) is 0 Å². The third-order valence-electron chi connectivity index (χ3n) is 5.12. The van der Waals surface area contributed by atoms with E-state index in [1.165, 1.54) is 24.3 Å². The molecule has 2 aliphatic rings. The normalized spacial score (nSPS) is 12.2. The van der Waals surface area contributed by atoms with Crippen molar-refractivity contribution in [3.05, 3.63) is 55.2 Å². The molecule has 0 unspecified atom stereocenters. The number of imide groups is 1. The number of carbonyl (C=O) groups excluding carboxylic acids is 3. The van der Waals surface area contributed by atoms with Gasteiger partial charge in [0.2, 0.25) is 15.0 Å². The number of hydrogen-bond donors (Lipinski definition) is 4. The van der Waals surface area contributed by atoms with Crippen LogP contribution in [-0.2, 0) is 18.6 Å². The van der Waals surface area contributed by atoms with Crippen molar-refractivity contribution < 1.29 is 41.5 Å². The zero-order valence-electron chi connectivity index (χ0n) is 23.9. The summed E-state index contributed by atoms with van der Waals surface area (Å²) in [7, 11) is 1.31. The number of amides is 5. The lowest BCUT2D eigenvalue weighted by Gasteiger charge is -2.20. The van der Waals surface area contributed by atoms with Gasteiger partial charge >= 0.3 is 18.0 Å². The van der Waals surface area contributed by atoms with Crippen LogP contribution in [0.4, 0.5) is 29.7 Å². The number of rotatable bonds is 6. The van der Waals surface area contributed by atoms with Gasteiger partial charge in [-0.05, 0) is 107 Å². The Morgan fingerprint density at radius 1 is 0.917 bits per heavy atom. The number of aliphatic carboxylic acids is 1. The summed E-state index contributed by atoms with van der Waals surface area (Å²) in [6.45, 7) is 0. The zero-order chi connectivity index (χ0) is 35.0. The number of nitrogens with one attached hydrogen (secondary N) is 3. The SMILES string of the molecule is C.C.CS(=O)(=O)Cl.N#CCC(=O)N(C(=O)Nc1ccc(I)cc1F)C1CC1.N#CCC(=O)O.O=C(Nc1ccc(I)cc1F)NC1CC1. The van der Waals surface area contributed by atoms with Crippen LogP contribution in [0.5, 0.6) is 0 Å². The monoisotopic (exact) mass is 938 g/mol. The summed E-state index contributed by atoms with van der Waals surface area (Å²) >= 11 is 3.98. The number of anilines is 2. The Balaban J connectivity index is 0. The summed E-state index contributed by atoms with van der Waals surface area (Å²) in [5.74, 6) is -2.60. The zero-order valence-corrected chi connectivity index (χ0v) is 29.8. The molecule has 2 saturated carbocycles. The van der Waals surface area contributed by atoms with E-state index in [1.54, 1.807) is 24.3 Å². The third kappa shape index (κ3) is 21.5. The van der Waals surface area contributed by atoms with Gasteiger partial charge in [-0.2, -0.15) is 10.5 Å². The second-order valence-electron chi connectivity index (χ2n) is 9.29. The number of halogens is 5. The molecule has 0 bridgehead atoms. The number of carboxylic acid groups (broad SMARTS) is 1. The molecule has 5 amide bonds. The van der Waals surface area contributed by atoms with Crippen molar-refractivity contribution in [1.82, 2.24) is 10.2 Å². The van der Waals surface area contributed by atoms with E-state index in [0.29, 0.717) is 3.57 Å². The molecule has 0 aliphatic heterocycles. The summed E-state index contributed by atoms with van der Waals surface area (Å²) < 4.78 is 47.3. The third-order valence-corrected chi connectivity index (χ3v) is 6.47. The van der Waals surface area contributed by atoms with E-state index >= 15 is 0 Å². The summed E-state index contributed by atoms with van der Waals surface area (Å²) in [5.41, 5.74) is 0.236. The first-order valence-corrected chi connectivity index (χ1v) is 17.8. The first-order valence-electron chi connectivity index (χ1n) is 12.9. The number of nitriles is 2. The fourth-order valence-electron chi connectivity index (χ4n) is 2.96. The van der Waals surface area contributed by atoms with Crippen LogP contribution in [0.1, 0.15) is 53.4 Å². The Hall–Kier alpha value is -3.34. The van der Waals surface area contributed by atoms with Gasteiger partial charge < -0.3 is 21.1 Å². The average Bonchev–Trinajstić information content (AvgIpc) is 3.85. The number of carbonyl (C=O) groups is 4. The van der Waals surface area contributed by atoms with Crippen LogP contribution >= 0.6 is 55.9 Å². The smallest absolute Gasteiger partial charge is 0.328 e. The molecule has 264 valence electrons. The van der Waals surface area contributed by atoms with Gasteiger partial charge in [-0.3, -0.25) is 14.5 Å². The van der Waals surface area contributed by atoms with E-state index in [2.05, 4.69) is 26.6 Å². The number of hydrogen-bond acceptors (Lipinski definition) is 8.